The van der Waals surface area contributed by atoms with Gasteiger partial charge in [-0.3, -0.25) is 0 Å². The molecule has 0 saturated carbocycles. The van der Waals surface area contributed by atoms with Gasteiger partial charge >= 0.3 is 5.97 Å². The molecule has 0 aliphatic carbocycles. The van der Waals surface area contributed by atoms with Crippen molar-refractivity contribution in [2.75, 3.05) is 0 Å². The zero-order chi connectivity index (χ0) is 16.4. The van der Waals surface area contributed by atoms with E-state index in [9.17, 15) is 9.90 Å². The minimum absolute atomic E-state index is 0.0686. The van der Waals surface area contributed by atoms with E-state index >= 15 is 0 Å². The Balaban J connectivity index is 2.09. The summed E-state index contributed by atoms with van der Waals surface area (Å²) in [5.41, 5.74) is 3.10. The molecule has 1 heterocycles. The molecule has 0 bridgehead atoms. The Morgan fingerprint density at radius 2 is 1.87 bits per heavy atom. The summed E-state index contributed by atoms with van der Waals surface area (Å²) in [7, 11) is 0. The molecular weight excluding hydrogens is 314 g/mol. The Bertz CT molecular complexity index is 857. The van der Waals surface area contributed by atoms with E-state index in [2.05, 4.69) is 10.3 Å². The van der Waals surface area contributed by atoms with Crippen molar-refractivity contribution in [1.82, 2.24) is 15.0 Å². The van der Waals surface area contributed by atoms with Crippen molar-refractivity contribution in [2.24, 2.45) is 0 Å². The SMILES string of the molecule is Cc1ccc(-c2c(C(=O)O)nnn2Cc2ccccc2Cl)cc1. The molecule has 0 radical (unpaired) electrons. The first-order valence-electron chi connectivity index (χ1n) is 7.03. The Morgan fingerprint density at radius 3 is 2.52 bits per heavy atom. The standard InChI is InChI=1S/C17H14ClN3O2/c1-11-6-8-12(9-7-11)16-15(17(22)23)19-20-21(16)10-13-4-2-3-5-14(13)18/h2-9H,10H2,1H3,(H,22,23). The first kappa shape index (κ1) is 15.2. The van der Waals surface area contributed by atoms with Gasteiger partial charge in [-0.1, -0.05) is 64.8 Å². The number of halogens is 1. The summed E-state index contributed by atoms with van der Waals surface area (Å²) in [6.45, 7) is 2.32. The fourth-order valence-corrected chi connectivity index (χ4v) is 2.55. The molecule has 3 rings (SSSR count). The summed E-state index contributed by atoms with van der Waals surface area (Å²) in [5, 5.41) is 17.8. The lowest BCUT2D eigenvalue weighted by atomic mass is 10.1. The molecule has 6 heteroatoms. The molecule has 0 fully saturated rings. The summed E-state index contributed by atoms with van der Waals surface area (Å²) in [4.78, 5) is 11.5. The van der Waals surface area contributed by atoms with Crippen LogP contribution in [0.2, 0.25) is 5.02 Å². The van der Waals surface area contributed by atoms with Crippen LogP contribution in [0, 0.1) is 6.92 Å². The van der Waals surface area contributed by atoms with Gasteiger partial charge in [0.1, 0.15) is 5.69 Å². The molecule has 0 spiro atoms. The van der Waals surface area contributed by atoms with Crippen molar-refractivity contribution in [3.05, 3.63) is 70.4 Å². The summed E-state index contributed by atoms with van der Waals surface area (Å²) >= 11 is 6.18. The van der Waals surface area contributed by atoms with Gasteiger partial charge in [-0.25, -0.2) is 9.48 Å². The molecule has 3 aromatic rings. The van der Waals surface area contributed by atoms with E-state index in [4.69, 9.17) is 11.6 Å². The predicted octanol–water partition coefficient (Wildman–Crippen LogP) is 3.65. The molecule has 0 unspecified atom stereocenters. The minimum Gasteiger partial charge on any atom is -0.476 e. The Morgan fingerprint density at radius 1 is 1.17 bits per heavy atom. The molecule has 0 aliphatic heterocycles. The number of benzene rings is 2. The maximum atomic E-state index is 11.5. The van der Waals surface area contributed by atoms with Crippen LogP contribution in [0.5, 0.6) is 0 Å². The second kappa shape index (κ2) is 6.22. The van der Waals surface area contributed by atoms with Gasteiger partial charge in [0.25, 0.3) is 0 Å². The summed E-state index contributed by atoms with van der Waals surface area (Å²) in [5.74, 6) is -1.11. The highest BCUT2D eigenvalue weighted by molar-refractivity contribution is 6.31. The van der Waals surface area contributed by atoms with Crippen molar-refractivity contribution >= 4 is 17.6 Å². The molecule has 0 amide bonds. The van der Waals surface area contributed by atoms with Gasteiger partial charge in [0, 0.05) is 10.6 Å². The number of rotatable bonds is 4. The highest BCUT2D eigenvalue weighted by Crippen LogP contribution is 2.25. The Kier molecular flexibility index (Phi) is 4.12. The molecule has 2 aromatic carbocycles. The number of hydrogen-bond donors (Lipinski definition) is 1. The van der Waals surface area contributed by atoms with Crippen molar-refractivity contribution < 1.29 is 9.90 Å². The summed E-state index contributed by atoms with van der Waals surface area (Å²) in [6.07, 6.45) is 0. The number of aryl methyl sites for hydroxylation is 1. The van der Waals surface area contributed by atoms with Gasteiger partial charge in [-0.15, -0.1) is 5.10 Å². The molecule has 1 aromatic heterocycles. The maximum Gasteiger partial charge on any atom is 0.358 e. The monoisotopic (exact) mass is 327 g/mol. The smallest absolute Gasteiger partial charge is 0.358 e. The first-order chi connectivity index (χ1) is 11.1. The second-order valence-corrected chi connectivity index (χ2v) is 5.61. The highest BCUT2D eigenvalue weighted by Gasteiger charge is 2.21. The third-order valence-corrected chi connectivity index (χ3v) is 3.91. The average molecular weight is 328 g/mol. The molecular formula is C17H14ClN3O2. The summed E-state index contributed by atoms with van der Waals surface area (Å²) < 4.78 is 1.56. The highest BCUT2D eigenvalue weighted by atomic mass is 35.5. The van der Waals surface area contributed by atoms with Gasteiger partial charge < -0.3 is 5.11 Å². The third-order valence-electron chi connectivity index (χ3n) is 3.54. The van der Waals surface area contributed by atoms with Crippen molar-refractivity contribution in [1.29, 1.82) is 0 Å². The molecule has 0 atom stereocenters. The Labute approximate surface area is 138 Å². The van der Waals surface area contributed by atoms with Gasteiger partial charge in [0.05, 0.1) is 6.54 Å². The Hall–Kier alpha value is -2.66. The van der Waals surface area contributed by atoms with Crippen molar-refractivity contribution in [3.8, 4) is 11.3 Å². The van der Waals surface area contributed by atoms with Gasteiger partial charge in [0.15, 0.2) is 5.69 Å². The quantitative estimate of drug-likeness (QED) is 0.794. The van der Waals surface area contributed by atoms with E-state index in [1.165, 1.54) is 0 Å². The van der Waals surface area contributed by atoms with E-state index in [1.807, 2.05) is 49.4 Å². The number of nitrogens with zero attached hydrogens (tertiary/aromatic N) is 3. The topological polar surface area (TPSA) is 68.0 Å². The lowest BCUT2D eigenvalue weighted by Crippen LogP contribution is -2.06. The zero-order valence-electron chi connectivity index (χ0n) is 12.4. The average Bonchev–Trinajstić information content (AvgIpc) is 2.94. The van der Waals surface area contributed by atoms with E-state index in [1.54, 1.807) is 10.7 Å². The normalized spacial score (nSPS) is 10.7. The van der Waals surface area contributed by atoms with E-state index in [0.29, 0.717) is 17.3 Å². The predicted molar refractivity (Wildman–Crippen MR) is 87.7 cm³/mol. The largest absolute Gasteiger partial charge is 0.476 e. The fraction of sp³-hybridized carbons (Fsp3) is 0.118. The number of carboxylic acid groups (broad SMARTS) is 1. The number of carbonyl (C=O) groups is 1. The van der Waals surface area contributed by atoms with Crippen LogP contribution in [0.4, 0.5) is 0 Å². The first-order valence-corrected chi connectivity index (χ1v) is 7.41. The lowest BCUT2D eigenvalue weighted by Gasteiger charge is -2.09. The van der Waals surface area contributed by atoms with E-state index < -0.39 is 5.97 Å². The van der Waals surface area contributed by atoms with Crippen LogP contribution in [-0.4, -0.2) is 26.1 Å². The number of aromatic nitrogens is 3. The van der Waals surface area contributed by atoms with Gasteiger partial charge in [-0.2, -0.15) is 0 Å². The zero-order valence-corrected chi connectivity index (χ0v) is 13.2. The van der Waals surface area contributed by atoms with Crippen LogP contribution in [-0.2, 0) is 6.54 Å². The second-order valence-electron chi connectivity index (χ2n) is 5.21. The van der Waals surface area contributed by atoms with E-state index in [-0.39, 0.29) is 5.69 Å². The van der Waals surface area contributed by atoms with Crippen LogP contribution in [0.15, 0.2) is 48.5 Å². The molecule has 23 heavy (non-hydrogen) atoms. The molecule has 116 valence electrons. The summed E-state index contributed by atoms with van der Waals surface area (Å²) in [6, 6.07) is 15.0. The van der Waals surface area contributed by atoms with Crippen LogP contribution in [0.3, 0.4) is 0 Å². The van der Waals surface area contributed by atoms with Crippen LogP contribution in [0.25, 0.3) is 11.3 Å². The van der Waals surface area contributed by atoms with Crippen molar-refractivity contribution in [2.45, 2.75) is 13.5 Å². The number of carboxylic acids is 1. The number of hydrogen-bond acceptors (Lipinski definition) is 3. The van der Waals surface area contributed by atoms with E-state index in [0.717, 1.165) is 16.7 Å². The lowest BCUT2D eigenvalue weighted by molar-refractivity contribution is 0.0691. The third kappa shape index (κ3) is 3.10. The van der Waals surface area contributed by atoms with Crippen LogP contribution >= 0.6 is 11.6 Å². The van der Waals surface area contributed by atoms with Gasteiger partial charge in [0.2, 0.25) is 0 Å². The van der Waals surface area contributed by atoms with Gasteiger partial charge in [-0.05, 0) is 18.6 Å². The maximum absolute atomic E-state index is 11.5. The molecule has 0 aliphatic rings. The minimum atomic E-state index is -1.11. The van der Waals surface area contributed by atoms with Crippen LogP contribution < -0.4 is 0 Å². The molecule has 5 nitrogen and oxygen atoms in total. The van der Waals surface area contributed by atoms with Crippen LogP contribution in [0.1, 0.15) is 21.6 Å². The molecule has 0 saturated heterocycles. The fourth-order valence-electron chi connectivity index (χ4n) is 2.35. The molecule has 1 N–H and O–H groups in total. The number of aromatic carboxylic acids is 1. The van der Waals surface area contributed by atoms with Crippen molar-refractivity contribution in [3.63, 3.8) is 0 Å².